The Kier molecular flexibility index (Phi) is 6.20. The minimum Gasteiger partial charge on any atom is -0.310 e. The number of benzene rings is 1. The van der Waals surface area contributed by atoms with E-state index in [4.69, 9.17) is 0 Å². The lowest BCUT2D eigenvalue weighted by Gasteiger charge is -2.20. The summed E-state index contributed by atoms with van der Waals surface area (Å²) in [4.78, 5) is 1.38. The van der Waals surface area contributed by atoms with Crippen LogP contribution in [0.25, 0.3) is 0 Å². The van der Waals surface area contributed by atoms with Gasteiger partial charge >= 0.3 is 0 Å². The maximum Gasteiger partial charge on any atom is 0.123 e. The Morgan fingerprint density at radius 3 is 2.90 bits per heavy atom. The topological polar surface area (TPSA) is 12.0 Å². The summed E-state index contributed by atoms with van der Waals surface area (Å²) in [7, 11) is 0. The van der Waals surface area contributed by atoms with E-state index in [1.807, 2.05) is 0 Å². The van der Waals surface area contributed by atoms with Crippen molar-refractivity contribution >= 4 is 27.3 Å². The maximum absolute atomic E-state index is 13.5. The van der Waals surface area contributed by atoms with Gasteiger partial charge in [0.25, 0.3) is 0 Å². The number of thiophene rings is 1. The molecular formula is C16H19BrFNS. The van der Waals surface area contributed by atoms with Crippen LogP contribution in [-0.2, 0) is 6.42 Å². The monoisotopic (exact) mass is 355 g/mol. The fourth-order valence-electron chi connectivity index (χ4n) is 2.21. The molecule has 0 aliphatic carbocycles. The highest BCUT2D eigenvalue weighted by Crippen LogP contribution is 2.28. The summed E-state index contributed by atoms with van der Waals surface area (Å²) < 4.78 is 14.5. The fraction of sp³-hybridized carbons (Fsp3) is 0.375. The van der Waals surface area contributed by atoms with Crippen LogP contribution in [0.15, 0.2) is 40.2 Å². The van der Waals surface area contributed by atoms with Crippen LogP contribution in [0, 0.1) is 5.82 Å². The highest BCUT2D eigenvalue weighted by molar-refractivity contribution is 9.10. The SMILES string of the molecule is CCCNC(CCc1cccs1)c1cc(F)ccc1Br. The molecule has 1 aromatic carbocycles. The van der Waals surface area contributed by atoms with Gasteiger partial charge in [-0.15, -0.1) is 11.3 Å². The van der Waals surface area contributed by atoms with E-state index < -0.39 is 0 Å². The Balaban J connectivity index is 2.11. The molecule has 1 N–H and O–H groups in total. The predicted octanol–water partition coefficient (Wildman–Crippen LogP) is 5.32. The van der Waals surface area contributed by atoms with E-state index in [0.29, 0.717) is 0 Å². The van der Waals surface area contributed by atoms with Gasteiger partial charge in [-0.2, -0.15) is 0 Å². The molecule has 0 radical (unpaired) electrons. The number of aryl methyl sites for hydroxylation is 1. The van der Waals surface area contributed by atoms with Crippen molar-refractivity contribution in [3.63, 3.8) is 0 Å². The number of hydrogen-bond donors (Lipinski definition) is 1. The van der Waals surface area contributed by atoms with Crippen LogP contribution in [0.5, 0.6) is 0 Å². The summed E-state index contributed by atoms with van der Waals surface area (Å²) in [5, 5.41) is 5.62. The van der Waals surface area contributed by atoms with Gasteiger partial charge in [-0.05, 0) is 61.0 Å². The highest BCUT2D eigenvalue weighted by atomic mass is 79.9. The summed E-state index contributed by atoms with van der Waals surface area (Å²) in [6, 6.07) is 9.32. The molecule has 108 valence electrons. The first kappa shape index (κ1) is 15.7. The van der Waals surface area contributed by atoms with Crippen LogP contribution >= 0.6 is 27.3 Å². The highest BCUT2D eigenvalue weighted by Gasteiger charge is 2.15. The number of rotatable bonds is 7. The normalized spacial score (nSPS) is 12.6. The first-order valence-electron chi connectivity index (χ1n) is 6.91. The lowest BCUT2D eigenvalue weighted by molar-refractivity contribution is 0.495. The average Bonchev–Trinajstić information content (AvgIpc) is 2.95. The van der Waals surface area contributed by atoms with Gasteiger partial charge in [0.1, 0.15) is 5.82 Å². The number of nitrogens with one attached hydrogen (secondary N) is 1. The molecule has 4 heteroatoms. The first-order valence-corrected chi connectivity index (χ1v) is 8.58. The first-order chi connectivity index (χ1) is 9.70. The summed E-state index contributed by atoms with van der Waals surface area (Å²) in [5.74, 6) is -0.178. The van der Waals surface area contributed by atoms with Gasteiger partial charge in [-0.1, -0.05) is 28.9 Å². The van der Waals surface area contributed by atoms with E-state index in [1.165, 1.54) is 10.9 Å². The molecule has 2 rings (SSSR count). The van der Waals surface area contributed by atoms with Crippen LogP contribution in [0.2, 0.25) is 0 Å². The van der Waals surface area contributed by atoms with Crippen LogP contribution in [0.1, 0.15) is 36.2 Å². The van der Waals surface area contributed by atoms with Gasteiger partial charge in [0, 0.05) is 15.4 Å². The molecule has 0 aliphatic rings. The molecule has 0 aliphatic heterocycles. The maximum atomic E-state index is 13.5. The van der Waals surface area contributed by atoms with Gasteiger partial charge in [0.15, 0.2) is 0 Å². The molecule has 0 amide bonds. The summed E-state index contributed by atoms with van der Waals surface area (Å²) >= 11 is 5.32. The molecule has 1 unspecified atom stereocenters. The molecule has 1 aromatic heterocycles. The van der Waals surface area contributed by atoms with Crippen molar-refractivity contribution in [2.24, 2.45) is 0 Å². The van der Waals surface area contributed by atoms with Crippen molar-refractivity contribution in [1.82, 2.24) is 5.32 Å². The summed E-state index contributed by atoms with van der Waals surface area (Å²) in [6.07, 6.45) is 3.06. The van der Waals surface area contributed by atoms with Crippen molar-refractivity contribution in [3.05, 3.63) is 56.4 Å². The molecule has 0 fully saturated rings. The lowest BCUT2D eigenvalue weighted by Crippen LogP contribution is -2.23. The predicted molar refractivity (Wildman–Crippen MR) is 87.8 cm³/mol. The minimum absolute atomic E-state index is 0.178. The van der Waals surface area contributed by atoms with E-state index in [1.54, 1.807) is 23.5 Å². The molecule has 0 saturated heterocycles. The quantitative estimate of drug-likeness (QED) is 0.708. The molecule has 1 heterocycles. The van der Waals surface area contributed by atoms with Crippen LogP contribution in [-0.4, -0.2) is 6.54 Å². The molecule has 20 heavy (non-hydrogen) atoms. The standard InChI is InChI=1S/C16H19BrFNS/c1-2-9-19-16(8-6-13-4-3-10-20-13)14-11-12(18)5-7-15(14)17/h3-5,7,10-11,16,19H,2,6,8-9H2,1H3. The van der Waals surface area contributed by atoms with Crippen molar-refractivity contribution in [3.8, 4) is 0 Å². The summed E-state index contributed by atoms with van der Waals surface area (Å²) in [5.41, 5.74) is 1.01. The second kappa shape index (κ2) is 7.91. The fourth-order valence-corrected chi connectivity index (χ4v) is 3.46. The third kappa shape index (κ3) is 4.40. The van der Waals surface area contributed by atoms with Crippen LogP contribution in [0.4, 0.5) is 4.39 Å². The van der Waals surface area contributed by atoms with E-state index in [0.717, 1.165) is 35.8 Å². The van der Waals surface area contributed by atoms with Crippen molar-refractivity contribution in [2.75, 3.05) is 6.54 Å². The Morgan fingerprint density at radius 1 is 1.35 bits per heavy atom. The molecule has 1 nitrogen and oxygen atoms in total. The molecule has 0 bridgehead atoms. The second-order valence-corrected chi connectivity index (χ2v) is 6.68. The molecule has 1 atom stereocenters. The molecule has 0 saturated carbocycles. The molecule has 2 aromatic rings. The average molecular weight is 356 g/mol. The molecule has 0 spiro atoms. The second-order valence-electron chi connectivity index (χ2n) is 4.79. The van der Waals surface area contributed by atoms with E-state index in [2.05, 4.69) is 45.7 Å². The van der Waals surface area contributed by atoms with Crippen molar-refractivity contribution < 1.29 is 4.39 Å². The minimum atomic E-state index is -0.178. The van der Waals surface area contributed by atoms with Gasteiger partial charge in [0.2, 0.25) is 0 Å². The Hall–Kier alpha value is -0.710. The zero-order valence-electron chi connectivity index (χ0n) is 11.5. The largest absolute Gasteiger partial charge is 0.310 e. The Morgan fingerprint density at radius 2 is 2.20 bits per heavy atom. The van der Waals surface area contributed by atoms with Crippen LogP contribution < -0.4 is 5.32 Å². The van der Waals surface area contributed by atoms with Gasteiger partial charge in [0.05, 0.1) is 0 Å². The van der Waals surface area contributed by atoms with E-state index >= 15 is 0 Å². The zero-order chi connectivity index (χ0) is 14.4. The van der Waals surface area contributed by atoms with Gasteiger partial charge in [-0.3, -0.25) is 0 Å². The lowest BCUT2D eigenvalue weighted by atomic mass is 10.0. The third-order valence-electron chi connectivity index (χ3n) is 3.23. The van der Waals surface area contributed by atoms with E-state index in [-0.39, 0.29) is 11.9 Å². The van der Waals surface area contributed by atoms with Gasteiger partial charge in [-0.25, -0.2) is 4.39 Å². The molecular weight excluding hydrogens is 337 g/mol. The van der Waals surface area contributed by atoms with Crippen molar-refractivity contribution in [2.45, 2.75) is 32.2 Å². The summed E-state index contributed by atoms with van der Waals surface area (Å²) in [6.45, 7) is 3.09. The van der Waals surface area contributed by atoms with Gasteiger partial charge < -0.3 is 5.32 Å². The third-order valence-corrected chi connectivity index (χ3v) is 4.89. The Bertz CT molecular complexity index is 527. The smallest absolute Gasteiger partial charge is 0.123 e. The number of hydrogen-bond acceptors (Lipinski definition) is 2. The van der Waals surface area contributed by atoms with Crippen LogP contribution in [0.3, 0.4) is 0 Å². The van der Waals surface area contributed by atoms with E-state index in [9.17, 15) is 4.39 Å². The number of halogens is 2. The zero-order valence-corrected chi connectivity index (χ0v) is 13.9. The Labute approximate surface area is 132 Å². The van der Waals surface area contributed by atoms with Crippen molar-refractivity contribution in [1.29, 1.82) is 0 Å².